The summed E-state index contributed by atoms with van der Waals surface area (Å²) >= 11 is 0. The van der Waals surface area contributed by atoms with Gasteiger partial charge in [-0.15, -0.1) is 0 Å². The molecule has 8 heteroatoms. The molecule has 122 valence electrons. The standard InChI is InChI=1S/C16H15N5O3/c22-14(11-2-3-12-13(10-11)24-16(23)19-12)20-6-8-21(9-7-20)15-17-4-1-5-18-15/h1-5,10H,6-9H2,(H,19,23). The molecule has 0 radical (unpaired) electrons. The van der Waals surface area contributed by atoms with Crippen LogP contribution in [0.4, 0.5) is 5.95 Å². The van der Waals surface area contributed by atoms with E-state index in [1.54, 1.807) is 41.6 Å². The number of carbonyl (C=O) groups excluding carboxylic acids is 1. The second-order valence-electron chi connectivity index (χ2n) is 5.55. The third kappa shape index (κ3) is 2.62. The highest BCUT2D eigenvalue weighted by molar-refractivity contribution is 5.97. The van der Waals surface area contributed by atoms with Crippen LogP contribution in [0.2, 0.25) is 0 Å². The van der Waals surface area contributed by atoms with Gasteiger partial charge < -0.3 is 14.2 Å². The molecule has 1 saturated heterocycles. The third-order valence-corrected chi connectivity index (χ3v) is 4.07. The number of H-pyrrole nitrogens is 1. The number of hydrogen-bond donors (Lipinski definition) is 1. The van der Waals surface area contributed by atoms with Crippen molar-refractivity contribution in [3.63, 3.8) is 0 Å². The van der Waals surface area contributed by atoms with Crippen LogP contribution >= 0.6 is 0 Å². The second-order valence-corrected chi connectivity index (χ2v) is 5.55. The summed E-state index contributed by atoms with van der Waals surface area (Å²) in [7, 11) is 0. The molecule has 24 heavy (non-hydrogen) atoms. The number of nitrogens with one attached hydrogen (secondary N) is 1. The molecule has 0 unspecified atom stereocenters. The van der Waals surface area contributed by atoms with Crippen molar-refractivity contribution in [2.45, 2.75) is 0 Å². The number of amides is 1. The molecule has 1 aliphatic heterocycles. The molecule has 0 spiro atoms. The van der Waals surface area contributed by atoms with Gasteiger partial charge >= 0.3 is 5.76 Å². The smallest absolute Gasteiger partial charge is 0.408 e. The quantitative estimate of drug-likeness (QED) is 0.751. The van der Waals surface area contributed by atoms with Crippen molar-refractivity contribution in [2.24, 2.45) is 0 Å². The molecule has 1 amide bonds. The SMILES string of the molecule is O=C(c1ccc2[nH]c(=O)oc2c1)N1CCN(c2ncccn2)CC1. The lowest BCUT2D eigenvalue weighted by atomic mass is 10.1. The molecule has 1 N–H and O–H groups in total. The number of piperazine rings is 1. The van der Waals surface area contributed by atoms with Gasteiger partial charge in [0.2, 0.25) is 5.95 Å². The van der Waals surface area contributed by atoms with Crippen LogP contribution < -0.4 is 10.7 Å². The Hall–Kier alpha value is -3.16. The van der Waals surface area contributed by atoms with Crippen LogP contribution in [0.1, 0.15) is 10.4 Å². The van der Waals surface area contributed by atoms with Crippen molar-refractivity contribution in [1.29, 1.82) is 0 Å². The molecule has 1 aliphatic rings. The summed E-state index contributed by atoms with van der Waals surface area (Å²) in [4.78, 5) is 38.7. The minimum absolute atomic E-state index is 0.0746. The Balaban J connectivity index is 1.48. The van der Waals surface area contributed by atoms with Crippen molar-refractivity contribution in [3.8, 4) is 0 Å². The fraction of sp³-hybridized carbons (Fsp3) is 0.250. The van der Waals surface area contributed by atoms with Crippen LogP contribution in [0, 0.1) is 0 Å². The molecule has 4 rings (SSSR count). The summed E-state index contributed by atoms with van der Waals surface area (Å²) < 4.78 is 5.01. The number of benzene rings is 1. The summed E-state index contributed by atoms with van der Waals surface area (Å²) in [6.07, 6.45) is 3.42. The van der Waals surface area contributed by atoms with Crippen LogP contribution in [0.15, 0.2) is 45.9 Å². The van der Waals surface area contributed by atoms with Gasteiger partial charge in [0.1, 0.15) is 0 Å². The zero-order valence-corrected chi connectivity index (χ0v) is 12.8. The zero-order chi connectivity index (χ0) is 16.5. The molecular weight excluding hydrogens is 310 g/mol. The number of oxazole rings is 1. The van der Waals surface area contributed by atoms with E-state index >= 15 is 0 Å². The van der Waals surface area contributed by atoms with Crippen LogP contribution in [0.25, 0.3) is 11.1 Å². The molecule has 2 aromatic heterocycles. The fourth-order valence-electron chi connectivity index (χ4n) is 2.83. The number of aromatic amines is 1. The van der Waals surface area contributed by atoms with Gasteiger partial charge in [0.15, 0.2) is 5.58 Å². The van der Waals surface area contributed by atoms with E-state index < -0.39 is 5.76 Å². The van der Waals surface area contributed by atoms with E-state index in [0.717, 1.165) is 0 Å². The number of carbonyl (C=O) groups is 1. The summed E-state index contributed by atoms with van der Waals surface area (Å²) in [6.45, 7) is 2.53. The lowest BCUT2D eigenvalue weighted by Crippen LogP contribution is -2.49. The Morgan fingerprint density at radius 2 is 1.88 bits per heavy atom. The third-order valence-electron chi connectivity index (χ3n) is 4.07. The van der Waals surface area contributed by atoms with E-state index in [0.29, 0.717) is 48.8 Å². The monoisotopic (exact) mass is 325 g/mol. The predicted octanol–water partition coefficient (Wildman–Crippen LogP) is 0.873. The molecule has 8 nitrogen and oxygen atoms in total. The van der Waals surface area contributed by atoms with Gasteiger partial charge in [0, 0.05) is 44.1 Å². The predicted molar refractivity (Wildman–Crippen MR) is 87.0 cm³/mol. The molecule has 0 atom stereocenters. The van der Waals surface area contributed by atoms with Gasteiger partial charge in [0.25, 0.3) is 5.91 Å². The average Bonchev–Trinajstić information content (AvgIpc) is 3.01. The molecule has 1 fully saturated rings. The number of rotatable bonds is 2. The number of fused-ring (bicyclic) bond motifs is 1. The Labute approximate surface area is 136 Å². The summed E-state index contributed by atoms with van der Waals surface area (Å²) in [5.74, 6) is 0.0839. The maximum absolute atomic E-state index is 12.6. The van der Waals surface area contributed by atoms with Crippen LogP contribution in [0.5, 0.6) is 0 Å². The first-order valence-corrected chi connectivity index (χ1v) is 7.65. The highest BCUT2D eigenvalue weighted by Crippen LogP contribution is 2.16. The number of aromatic nitrogens is 3. The highest BCUT2D eigenvalue weighted by Gasteiger charge is 2.23. The van der Waals surface area contributed by atoms with Crippen molar-refractivity contribution in [3.05, 3.63) is 52.8 Å². The van der Waals surface area contributed by atoms with Gasteiger partial charge in [-0.3, -0.25) is 9.78 Å². The van der Waals surface area contributed by atoms with E-state index in [1.165, 1.54) is 0 Å². The van der Waals surface area contributed by atoms with Crippen LogP contribution in [-0.4, -0.2) is 51.9 Å². The molecule has 3 aromatic rings. The number of anilines is 1. The molecule has 0 saturated carbocycles. The first kappa shape index (κ1) is 14.4. The summed E-state index contributed by atoms with van der Waals surface area (Å²) in [5.41, 5.74) is 1.49. The Kier molecular flexibility index (Phi) is 3.49. The van der Waals surface area contributed by atoms with Gasteiger partial charge in [-0.25, -0.2) is 14.8 Å². The Morgan fingerprint density at radius 3 is 2.62 bits per heavy atom. The molecule has 3 heterocycles. The fourth-order valence-corrected chi connectivity index (χ4v) is 2.83. The van der Waals surface area contributed by atoms with Gasteiger partial charge in [-0.1, -0.05) is 0 Å². The van der Waals surface area contributed by atoms with Crippen LogP contribution in [-0.2, 0) is 0 Å². The maximum atomic E-state index is 12.6. The van der Waals surface area contributed by atoms with E-state index in [9.17, 15) is 9.59 Å². The van der Waals surface area contributed by atoms with E-state index in [1.807, 2.05) is 0 Å². The first-order valence-electron chi connectivity index (χ1n) is 7.65. The Morgan fingerprint density at radius 1 is 1.12 bits per heavy atom. The second kappa shape index (κ2) is 5.80. The topological polar surface area (TPSA) is 95.3 Å². The normalized spacial score (nSPS) is 15.0. The van der Waals surface area contributed by atoms with Crippen molar-refractivity contribution >= 4 is 23.0 Å². The Bertz CT molecular complexity index is 926. The minimum atomic E-state index is -0.522. The average molecular weight is 325 g/mol. The molecule has 0 bridgehead atoms. The summed E-state index contributed by atoms with van der Waals surface area (Å²) in [6, 6.07) is 6.76. The number of nitrogens with zero attached hydrogens (tertiary/aromatic N) is 4. The van der Waals surface area contributed by atoms with Gasteiger partial charge in [-0.05, 0) is 24.3 Å². The molecular formula is C16H15N5O3. The van der Waals surface area contributed by atoms with Crippen molar-refractivity contribution < 1.29 is 9.21 Å². The lowest BCUT2D eigenvalue weighted by molar-refractivity contribution is 0.0746. The molecule has 1 aromatic carbocycles. The van der Waals surface area contributed by atoms with Crippen molar-refractivity contribution in [2.75, 3.05) is 31.1 Å². The number of hydrogen-bond acceptors (Lipinski definition) is 6. The van der Waals surface area contributed by atoms with Crippen molar-refractivity contribution in [1.82, 2.24) is 19.9 Å². The van der Waals surface area contributed by atoms with E-state index in [-0.39, 0.29) is 5.91 Å². The lowest BCUT2D eigenvalue weighted by Gasteiger charge is -2.34. The van der Waals surface area contributed by atoms with E-state index in [2.05, 4.69) is 19.9 Å². The first-order chi connectivity index (χ1) is 11.7. The van der Waals surface area contributed by atoms with E-state index in [4.69, 9.17) is 4.42 Å². The molecule has 0 aliphatic carbocycles. The van der Waals surface area contributed by atoms with Gasteiger partial charge in [-0.2, -0.15) is 0 Å². The largest absolute Gasteiger partial charge is 0.417 e. The highest BCUT2D eigenvalue weighted by atomic mass is 16.4. The van der Waals surface area contributed by atoms with Gasteiger partial charge in [0.05, 0.1) is 5.52 Å². The maximum Gasteiger partial charge on any atom is 0.417 e. The van der Waals surface area contributed by atoms with Crippen LogP contribution in [0.3, 0.4) is 0 Å². The minimum Gasteiger partial charge on any atom is -0.408 e. The summed E-state index contributed by atoms with van der Waals surface area (Å²) in [5, 5.41) is 0. The zero-order valence-electron chi connectivity index (χ0n) is 12.8.